The Bertz CT molecular complexity index is 787. The minimum absolute atomic E-state index is 0.220. The predicted octanol–water partition coefficient (Wildman–Crippen LogP) is 2.52. The molecule has 0 radical (unpaired) electrons. The van der Waals surface area contributed by atoms with Gasteiger partial charge in [-0.1, -0.05) is 12.1 Å². The number of amides is 1. The molecule has 1 atom stereocenters. The number of carbonyl (C=O) groups is 1. The highest BCUT2D eigenvalue weighted by molar-refractivity contribution is 5.93. The van der Waals surface area contributed by atoms with Gasteiger partial charge in [-0.25, -0.2) is 5.48 Å². The summed E-state index contributed by atoms with van der Waals surface area (Å²) in [6.07, 6.45) is -3.16. The van der Waals surface area contributed by atoms with Crippen LogP contribution in [0.15, 0.2) is 36.5 Å². The smallest absolute Gasteiger partial charge is 0.372 e. The monoisotopic (exact) mass is 369 g/mol. The molecule has 1 aliphatic rings. The number of hydrogen-bond donors (Lipinski definition) is 3. The van der Waals surface area contributed by atoms with Gasteiger partial charge in [0.2, 0.25) is 0 Å². The quantitative estimate of drug-likeness (QED) is 0.574. The normalized spacial score (nSPS) is 18.3. The lowest BCUT2D eigenvalue weighted by molar-refractivity contribution is -0.137. The van der Waals surface area contributed by atoms with Crippen molar-refractivity contribution >= 4 is 5.91 Å². The summed E-state index contributed by atoms with van der Waals surface area (Å²) in [5.41, 5.74) is 2.19. The molecule has 0 saturated heterocycles. The maximum absolute atomic E-state index is 12.7. The summed E-state index contributed by atoms with van der Waals surface area (Å²) in [7, 11) is 0. The van der Waals surface area contributed by atoms with Crippen LogP contribution in [-0.4, -0.2) is 32.2 Å². The summed E-state index contributed by atoms with van der Waals surface area (Å²) >= 11 is 0. The van der Waals surface area contributed by atoms with Crippen molar-refractivity contribution in [1.29, 1.82) is 0 Å². The lowest BCUT2D eigenvalue weighted by Crippen LogP contribution is -2.28. The molecule has 1 aromatic carbocycles. The van der Waals surface area contributed by atoms with E-state index in [2.05, 4.69) is 0 Å². The van der Waals surface area contributed by atoms with Gasteiger partial charge >= 0.3 is 6.18 Å². The minimum atomic E-state index is -4.38. The number of fused-ring (bicyclic) bond motifs is 1. The van der Waals surface area contributed by atoms with Crippen LogP contribution in [0.5, 0.6) is 0 Å². The first-order chi connectivity index (χ1) is 12.3. The van der Waals surface area contributed by atoms with Gasteiger partial charge in [0.1, 0.15) is 6.23 Å². The highest BCUT2D eigenvalue weighted by Crippen LogP contribution is 2.30. The molecule has 1 unspecified atom stereocenters. The van der Waals surface area contributed by atoms with Gasteiger partial charge in [-0.15, -0.1) is 0 Å². The number of nitrogens with one attached hydrogen (secondary N) is 1. The number of alkyl halides is 3. The van der Waals surface area contributed by atoms with Crippen LogP contribution >= 0.6 is 0 Å². The van der Waals surface area contributed by atoms with Gasteiger partial charge in [-0.3, -0.25) is 14.9 Å². The Kier molecular flexibility index (Phi) is 5.03. The van der Waals surface area contributed by atoms with Gasteiger partial charge < -0.3 is 9.67 Å². The molecule has 1 aromatic heterocycles. The zero-order valence-corrected chi connectivity index (χ0v) is 13.7. The number of nitrogens with zero attached hydrogens (tertiary/aromatic N) is 2. The van der Waals surface area contributed by atoms with E-state index in [4.69, 9.17) is 5.21 Å². The van der Waals surface area contributed by atoms with E-state index in [0.29, 0.717) is 30.8 Å². The first kappa shape index (κ1) is 18.4. The lowest BCUT2D eigenvalue weighted by atomic mass is 10.1. The molecule has 0 fully saturated rings. The number of halogens is 3. The largest absolute Gasteiger partial charge is 0.416 e. The fourth-order valence-electron chi connectivity index (χ4n) is 3.08. The maximum Gasteiger partial charge on any atom is 0.416 e. The zero-order chi connectivity index (χ0) is 18.9. The number of hydrogen-bond acceptors (Lipinski definition) is 4. The third kappa shape index (κ3) is 3.74. The first-order valence-electron chi connectivity index (χ1n) is 8.02. The van der Waals surface area contributed by atoms with Gasteiger partial charge in [-0.2, -0.15) is 13.2 Å². The Balaban J connectivity index is 1.78. The standard InChI is InChI=1S/C17H18F3N3O3/c18-17(19,20)13-4-2-11(3-5-13)9-23-7-1-6-22-10-12(15(24)21-26)8-14(22)16(23)25/h2-5,8,10,16,25-26H,1,6-7,9H2,(H,21,24). The number of aliphatic hydroxyl groups excluding tert-OH is 1. The number of benzene rings is 1. The van der Waals surface area contributed by atoms with Crippen LogP contribution in [0.25, 0.3) is 0 Å². The number of aliphatic hydroxyl groups is 1. The van der Waals surface area contributed by atoms with Crippen LogP contribution in [0, 0.1) is 0 Å². The molecule has 0 bridgehead atoms. The van der Waals surface area contributed by atoms with Crippen molar-refractivity contribution in [3.05, 3.63) is 58.9 Å². The molecule has 1 amide bonds. The molecule has 0 aliphatic carbocycles. The Labute approximate surface area is 147 Å². The second kappa shape index (κ2) is 7.10. The fraction of sp³-hybridized carbons (Fsp3) is 0.353. The van der Waals surface area contributed by atoms with Crippen molar-refractivity contribution in [2.24, 2.45) is 0 Å². The molecule has 3 N–H and O–H groups in total. The molecule has 3 rings (SSSR count). The lowest BCUT2D eigenvalue weighted by Gasteiger charge is -2.25. The maximum atomic E-state index is 12.7. The van der Waals surface area contributed by atoms with Crippen LogP contribution in [0.2, 0.25) is 0 Å². The van der Waals surface area contributed by atoms with Crippen molar-refractivity contribution in [2.75, 3.05) is 6.54 Å². The fourth-order valence-corrected chi connectivity index (χ4v) is 3.08. The van der Waals surface area contributed by atoms with E-state index in [1.807, 2.05) is 0 Å². The number of rotatable bonds is 3. The molecule has 6 nitrogen and oxygen atoms in total. The van der Waals surface area contributed by atoms with Crippen LogP contribution in [0.4, 0.5) is 13.2 Å². The van der Waals surface area contributed by atoms with Crippen molar-refractivity contribution in [3.8, 4) is 0 Å². The van der Waals surface area contributed by atoms with Crippen LogP contribution in [0.1, 0.15) is 39.8 Å². The second-order valence-corrected chi connectivity index (χ2v) is 6.18. The van der Waals surface area contributed by atoms with Gasteiger partial charge in [0.25, 0.3) is 5.91 Å². The van der Waals surface area contributed by atoms with Crippen LogP contribution in [-0.2, 0) is 19.3 Å². The van der Waals surface area contributed by atoms with E-state index in [9.17, 15) is 23.1 Å². The average molecular weight is 369 g/mol. The first-order valence-corrected chi connectivity index (χ1v) is 8.02. The van der Waals surface area contributed by atoms with E-state index in [-0.39, 0.29) is 12.1 Å². The van der Waals surface area contributed by atoms with Gasteiger partial charge in [-0.05, 0) is 30.2 Å². The molecule has 140 valence electrons. The summed E-state index contributed by atoms with van der Waals surface area (Å²) < 4.78 is 39.7. The third-order valence-corrected chi connectivity index (χ3v) is 4.42. The Morgan fingerprint density at radius 2 is 1.92 bits per heavy atom. The molecule has 1 aliphatic heterocycles. The molecule has 0 spiro atoms. The van der Waals surface area contributed by atoms with Gasteiger partial charge in [0.05, 0.1) is 16.8 Å². The van der Waals surface area contributed by atoms with Crippen molar-refractivity contribution in [1.82, 2.24) is 14.9 Å². The average Bonchev–Trinajstić information content (AvgIpc) is 2.97. The van der Waals surface area contributed by atoms with Crippen LogP contribution in [0.3, 0.4) is 0 Å². The third-order valence-electron chi connectivity index (χ3n) is 4.42. The van der Waals surface area contributed by atoms with E-state index < -0.39 is 23.9 Å². The molecular weight excluding hydrogens is 351 g/mol. The molecule has 9 heteroatoms. The van der Waals surface area contributed by atoms with E-state index in [0.717, 1.165) is 12.1 Å². The predicted molar refractivity (Wildman–Crippen MR) is 85.1 cm³/mol. The molecule has 2 aromatic rings. The number of hydroxylamine groups is 1. The summed E-state index contributed by atoms with van der Waals surface area (Å²) in [4.78, 5) is 13.3. The molecule has 26 heavy (non-hydrogen) atoms. The van der Waals surface area contributed by atoms with Gasteiger partial charge in [0, 0.05) is 25.8 Å². The van der Waals surface area contributed by atoms with E-state index in [1.165, 1.54) is 18.2 Å². The number of aryl methyl sites for hydroxylation is 1. The highest BCUT2D eigenvalue weighted by atomic mass is 19.4. The topological polar surface area (TPSA) is 77.7 Å². The Morgan fingerprint density at radius 3 is 2.54 bits per heavy atom. The summed E-state index contributed by atoms with van der Waals surface area (Å²) in [5.74, 6) is -0.674. The second-order valence-electron chi connectivity index (χ2n) is 6.18. The number of carbonyl (C=O) groups excluding carboxylic acids is 1. The van der Waals surface area contributed by atoms with Crippen LogP contribution < -0.4 is 5.48 Å². The van der Waals surface area contributed by atoms with E-state index >= 15 is 0 Å². The number of aromatic nitrogens is 1. The Hall–Kier alpha value is -2.36. The van der Waals surface area contributed by atoms with Crippen molar-refractivity contribution < 1.29 is 28.3 Å². The van der Waals surface area contributed by atoms with E-state index in [1.54, 1.807) is 21.1 Å². The summed E-state index contributed by atoms with van der Waals surface area (Å²) in [6, 6.07) is 6.31. The molecule has 0 saturated carbocycles. The van der Waals surface area contributed by atoms with Gasteiger partial charge in [0.15, 0.2) is 0 Å². The Morgan fingerprint density at radius 1 is 1.23 bits per heavy atom. The minimum Gasteiger partial charge on any atom is -0.372 e. The van der Waals surface area contributed by atoms with Crippen molar-refractivity contribution in [3.63, 3.8) is 0 Å². The summed E-state index contributed by atoms with van der Waals surface area (Å²) in [5, 5.41) is 19.4. The highest BCUT2D eigenvalue weighted by Gasteiger charge is 2.30. The molecule has 2 heterocycles. The zero-order valence-electron chi connectivity index (χ0n) is 13.7. The summed E-state index contributed by atoms with van der Waals surface area (Å²) in [6.45, 7) is 1.39. The molecular formula is C17H18F3N3O3. The SMILES string of the molecule is O=C(NO)c1cc2n(c1)CCCN(Cc1ccc(C(F)(F)F)cc1)C2O. The van der Waals surface area contributed by atoms with Crippen molar-refractivity contribution in [2.45, 2.75) is 31.9 Å².